The molecule has 0 unspecified atom stereocenters. The zero-order valence-electron chi connectivity index (χ0n) is 12.4. The molecule has 0 aliphatic carbocycles. The maximum Gasteiger partial charge on any atom is 0.173 e. The lowest BCUT2D eigenvalue weighted by Crippen LogP contribution is -2.33. The van der Waals surface area contributed by atoms with Gasteiger partial charge < -0.3 is 10.2 Å². The Morgan fingerprint density at radius 2 is 1.90 bits per heavy atom. The molecule has 112 valence electrons. The zero-order chi connectivity index (χ0) is 15.4. The minimum Gasteiger partial charge on any atom is -0.344 e. The molecule has 2 nitrogen and oxygen atoms in total. The summed E-state index contributed by atoms with van der Waals surface area (Å²) in [6.07, 6.45) is 0. The van der Waals surface area contributed by atoms with Gasteiger partial charge in [-0.05, 0) is 68.4 Å². The average Bonchev–Trinajstić information content (AvgIpc) is 2.80. The first kappa shape index (κ1) is 16.3. The van der Waals surface area contributed by atoms with Crippen molar-refractivity contribution in [2.75, 3.05) is 11.9 Å². The highest BCUT2D eigenvalue weighted by molar-refractivity contribution is 7.80. The van der Waals surface area contributed by atoms with Gasteiger partial charge in [0.1, 0.15) is 0 Å². The van der Waals surface area contributed by atoms with Crippen molar-refractivity contribution in [1.82, 2.24) is 4.90 Å². The Morgan fingerprint density at radius 1 is 1.24 bits per heavy atom. The average molecular weight is 339 g/mol. The summed E-state index contributed by atoms with van der Waals surface area (Å²) in [5.41, 5.74) is 3.50. The van der Waals surface area contributed by atoms with Crippen LogP contribution in [0.5, 0.6) is 0 Å². The minimum absolute atomic E-state index is 0.743. The Bertz CT molecular complexity index is 617. The lowest BCUT2D eigenvalue weighted by atomic mass is 10.1. The van der Waals surface area contributed by atoms with Crippen molar-refractivity contribution in [3.05, 3.63) is 50.7 Å². The van der Waals surface area contributed by atoms with Crippen LogP contribution in [0.2, 0.25) is 4.34 Å². The molecule has 0 atom stereocenters. The molecule has 1 N–H and O–H groups in total. The third kappa shape index (κ3) is 4.70. The fourth-order valence-corrected chi connectivity index (χ4v) is 3.62. The van der Waals surface area contributed by atoms with E-state index in [9.17, 15) is 0 Å². The largest absolute Gasteiger partial charge is 0.344 e. The fraction of sp³-hybridized carbons (Fsp3) is 0.312. The second kappa shape index (κ2) is 7.25. The van der Waals surface area contributed by atoms with Gasteiger partial charge in [0.15, 0.2) is 5.11 Å². The third-order valence-electron chi connectivity index (χ3n) is 3.12. The van der Waals surface area contributed by atoms with Gasteiger partial charge in [-0.1, -0.05) is 17.7 Å². The van der Waals surface area contributed by atoms with Crippen molar-refractivity contribution in [3.63, 3.8) is 0 Å². The Hall–Kier alpha value is -1.10. The van der Waals surface area contributed by atoms with Crippen LogP contribution < -0.4 is 5.32 Å². The van der Waals surface area contributed by atoms with Crippen molar-refractivity contribution in [1.29, 1.82) is 0 Å². The molecule has 0 spiro atoms. The predicted molar refractivity (Wildman–Crippen MR) is 97.5 cm³/mol. The molecule has 1 aromatic heterocycles. The summed E-state index contributed by atoms with van der Waals surface area (Å²) in [7, 11) is 0. The van der Waals surface area contributed by atoms with E-state index in [0.717, 1.165) is 28.2 Å². The highest BCUT2D eigenvalue weighted by Gasteiger charge is 2.10. The zero-order valence-corrected chi connectivity index (χ0v) is 14.8. The number of hydrogen-bond acceptors (Lipinski definition) is 2. The molecule has 0 radical (unpaired) electrons. The van der Waals surface area contributed by atoms with E-state index in [1.165, 1.54) is 16.0 Å². The molecule has 0 aliphatic heterocycles. The smallest absolute Gasteiger partial charge is 0.173 e. The molecule has 0 saturated heterocycles. The summed E-state index contributed by atoms with van der Waals surface area (Å²) in [6.45, 7) is 7.92. The van der Waals surface area contributed by atoms with Gasteiger partial charge in [0.05, 0.1) is 10.9 Å². The Morgan fingerprint density at radius 3 is 2.43 bits per heavy atom. The molecule has 2 aromatic rings. The number of halogens is 1. The van der Waals surface area contributed by atoms with Crippen LogP contribution in [0.3, 0.4) is 0 Å². The molecule has 0 aliphatic rings. The van der Waals surface area contributed by atoms with Crippen LogP contribution in [0, 0.1) is 13.8 Å². The topological polar surface area (TPSA) is 15.3 Å². The summed E-state index contributed by atoms with van der Waals surface area (Å²) < 4.78 is 0.814. The third-order valence-corrected chi connectivity index (χ3v) is 4.69. The molecular weight excluding hydrogens is 320 g/mol. The van der Waals surface area contributed by atoms with Gasteiger partial charge in [0.25, 0.3) is 0 Å². The summed E-state index contributed by atoms with van der Waals surface area (Å²) in [5.74, 6) is 0. The molecule has 2 rings (SSSR count). The van der Waals surface area contributed by atoms with Gasteiger partial charge >= 0.3 is 0 Å². The molecule has 21 heavy (non-hydrogen) atoms. The molecule has 0 saturated carbocycles. The first-order chi connectivity index (χ1) is 9.97. The van der Waals surface area contributed by atoms with E-state index in [-0.39, 0.29) is 0 Å². The van der Waals surface area contributed by atoms with Gasteiger partial charge in [0.2, 0.25) is 0 Å². The second-order valence-corrected chi connectivity index (χ2v) is 7.21. The van der Waals surface area contributed by atoms with E-state index >= 15 is 0 Å². The minimum atomic E-state index is 0.743. The van der Waals surface area contributed by atoms with E-state index in [2.05, 4.69) is 55.3 Å². The van der Waals surface area contributed by atoms with Crippen LogP contribution >= 0.6 is 35.2 Å². The standard InChI is InChI=1S/C16H19ClN2S2/c1-4-19(10-14-5-6-15(17)21-14)16(20)18-13-8-11(2)7-12(3)9-13/h5-9H,4,10H2,1-3H3,(H,18,20). The number of anilines is 1. The fourth-order valence-electron chi connectivity index (χ4n) is 2.20. The number of aryl methyl sites for hydroxylation is 2. The highest BCUT2D eigenvalue weighted by Crippen LogP contribution is 2.23. The summed E-state index contributed by atoms with van der Waals surface area (Å²) >= 11 is 13.1. The summed E-state index contributed by atoms with van der Waals surface area (Å²) in [6, 6.07) is 10.3. The van der Waals surface area contributed by atoms with Crippen LogP contribution in [0.1, 0.15) is 22.9 Å². The molecular formula is C16H19ClN2S2. The summed E-state index contributed by atoms with van der Waals surface area (Å²) in [5, 5.41) is 4.07. The molecule has 1 heterocycles. The first-order valence-electron chi connectivity index (χ1n) is 6.86. The van der Waals surface area contributed by atoms with Crippen LogP contribution in [-0.4, -0.2) is 16.6 Å². The van der Waals surface area contributed by atoms with Gasteiger partial charge in [0, 0.05) is 17.1 Å². The predicted octanol–water partition coefficient (Wildman–Crippen LogP) is 5.24. The molecule has 1 aromatic carbocycles. The highest BCUT2D eigenvalue weighted by atomic mass is 35.5. The van der Waals surface area contributed by atoms with Crippen LogP contribution in [-0.2, 0) is 6.54 Å². The first-order valence-corrected chi connectivity index (χ1v) is 8.46. The van der Waals surface area contributed by atoms with E-state index in [4.69, 9.17) is 23.8 Å². The van der Waals surface area contributed by atoms with Gasteiger partial charge in [-0.3, -0.25) is 0 Å². The van der Waals surface area contributed by atoms with Crippen molar-refractivity contribution in [2.45, 2.75) is 27.3 Å². The van der Waals surface area contributed by atoms with Gasteiger partial charge in [-0.2, -0.15) is 0 Å². The van der Waals surface area contributed by atoms with Crippen molar-refractivity contribution in [3.8, 4) is 0 Å². The number of hydrogen-bond donors (Lipinski definition) is 1. The molecule has 5 heteroatoms. The summed E-state index contributed by atoms with van der Waals surface area (Å²) in [4.78, 5) is 3.35. The number of rotatable bonds is 4. The lowest BCUT2D eigenvalue weighted by molar-refractivity contribution is 0.446. The Kier molecular flexibility index (Phi) is 5.62. The molecule has 0 bridgehead atoms. The van der Waals surface area contributed by atoms with Crippen LogP contribution in [0.4, 0.5) is 5.69 Å². The van der Waals surface area contributed by atoms with E-state index in [0.29, 0.717) is 0 Å². The monoisotopic (exact) mass is 338 g/mol. The SMILES string of the molecule is CCN(Cc1ccc(Cl)s1)C(=S)Nc1cc(C)cc(C)c1. The maximum absolute atomic E-state index is 5.98. The van der Waals surface area contributed by atoms with Crippen molar-refractivity contribution < 1.29 is 0 Å². The number of benzene rings is 1. The quantitative estimate of drug-likeness (QED) is 0.768. The number of nitrogens with zero attached hydrogens (tertiary/aromatic N) is 1. The van der Waals surface area contributed by atoms with Gasteiger partial charge in [-0.15, -0.1) is 11.3 Å². The number of thiocarbonyl (C=S) groups is 1. The van der Waals surface area contributed by atoms with Gasteiger partial charge in [-0.25, -0.2) is 0 Å². The second-order valence-electron chi connectivity index (χ2n) is 5.03. The molecule has 0 fully saturated rings. The van der Waals surface area contributed by atoms with E-state index < -0.39 is 0 Å². The normalized spacial score (nSPS) is 10.5. The molecule has 0 amide bonds. The Labute approximate surface area is 140 Å². The van der Waals surface area contributed by atoms with Crippen molar-refractivity contribution >= 4 is 46.0 Å². The Balaban J connectivity index is 2.05. The number of thiophene rings is 1. The lowest BCUT2D eigenvalue weighted by Gasteiger charge is -2.24. The van der Waals surface area contributed by atoms with Crippen LogP contribution in [0.25, 0.3) is 0 Å². The van der Waals surface area contributed by atoms with Crippen LogP contribution in [0.15, 0.2) is 30.3 Å². The van der Waals surface area contributed by atoms with E-state index in [1.54, 1.807) is 11.3 Å². The maximum atomic E-state index is 5.98. The van der Waals surface area contributed by atoms with Crippen molar-refractivity contribution in [2.24, 2.45) is 0 Å². The number of nitrogens with one attached hydrogen (secondary N) is 1. The van der Waals surface area contributed by atoms with E-state index in [1.807, 2.05) is 6.07 Å².